The first kappa shape index (κ1) is 15.2. The Bertz CT molecular complexity index is 248. The largest absolute Gasteiger partial charge is 0.324 e. The van der Waals surface area contributed by atoms with Gasteiger partial charge in [-0.2, -0.15) is 0 Å². The highest BCUT2D eigenvalue weighted by molar-refractivity contribution is 5.31. The van der Waals surface area contributed by atoms with Gasteiger partial charge in [-0.05, 0) is 25.8 Å². The van der Waals surface area contributed by atoms with E-state index in [-0.39, 0.29) is 6.04 Å². The summed E-state index contributed by atoms with van der Waals surface area (Å²) in [5.41, 5.74) is 8.44. The minimum atomic E-state index is 0.157. The molecule has 0 aliphatic carbocycles. The minimum absolute atomic E-state index is 0.157. The number of unbranched alkanes of at least 4 members (excludes halogenated alkanes) is 3. The SMILES string of the molecule is C=C(C)/C=C(\C=C/C)C(N)CCCCCC. The lowest BCUT2D eigenvalue weighted by Crippen LogP contribution is -2.21. The van der Waals surface area contributed by atoms with Crippen molar-refractivity contribution in [3.8, 4) is 0 Å². The first-order chi connectivity index (χ1) is 7.61. The van der Waals surface area contributed by atoms with Crippen molar-refractivity contribution in [1.82, 2.24) is 0 Å². The zero-order chi connectivity index (χ0) is 12.4. The van der Waals surface area contributed by atoms with Gasteiger partial charge < -0.3 is 5.73 Å². The zero-order valence-corrected chi connectivity index (χ0v) is 11.1. The number of allylic oxidation sites excluding steroid dienone is 3. The second kappa shape index (κ2) is 9.41. The molecule has 0 aromatic heterocycles. The van der Waals surface area contributed by atoms with E-state index in [1.54, 1.807) is 0 Å². The van der Waals surface area contributed by atoms with E-state index in [9.17, 15) is 0 Å². The quantitative estimate of drug-likeness (QED) is 0.478. The van der Waals surface area contributed by atoms with Gasteiger partial charge in [0.25, 0.3) is 0 Å². The number of hydrogen-bond acceptors (Lipinski definition) is 1. The summed E-state index contributed by atoms with van der Waals surface area (Å²) in [6, 6.07) is 0.157. The molecule has 0 amide bonds. The summed E-state index contributed by atoms with van der Waals surface area (Å²) >= 11 is 0. The van der Waals surface area contributed by atoms with Crippen LogP contribution in [0.2, 0.25) is 0 Å². The predicted molar refractivity (Wildman–Crippen MR) is 74.4 cm³/mol. The topological polar surface area (TPSA) is 26.0 Å². The number of rotatable bonds is 8. The van der Waals surface area contributed by atoms with Crippen LogP contribution in [0.15, 0.2) is 36.0 Å². The van der Waals surface area contributed by atoms with E-state index in [1.165, 1.54) is 31.3 Å². The molecule has 0 heterocycles. The Balaban J connectivity index is 4.18. The van der Waals surface area contributed by atoms with E-state index in [4.69, 9.17) is 5.73 Å². The number of nitrogens with two attached hydrogens (primary N) is 1. The maximum atomic E-state index is 6.17. The maximum absolute atomic E-state index is 6.17. The van der Waals surface area contributed by atoms with E-state index in [1.807, 2.05) is 19.9 Å². The normalized spacial score (nSPS) is 14.4. The van der Waals surface area contributed by atoms with E-state index >= 15 is 0 Å². The summed E-state index contributed by atoms with van der Waals surface area (Å²) in [7, 11) is 0. The van der Waals surface area contributed by atoms with Crippen LogP contribution >= 0.6 is 0 Å². The molecule has 16 heavy (non-hydrogen) atoms. The third-order valence-corrected chi connectivity index (χ3v) is 2.57. The van der Waals surface area contributed by atoms with Gasteiger partial charge in [0.05, 0.1) is 0 Å². The molecule has 1 nitrogen and oxygen atoms in total. The van der Waals surface area contributed by atoms with Crippen molar-refractivity contribution in [3.05, 3.63) is 36.0 Å². The van der Waals surface area contributed by atoms with E-state index < -0.39 is 0 Å². The van der Waals surface area contributed by atoms with Gasteiger partial charge >= 0.3 is 0 Å². The van der Waals surface area contributed by atoms with Gasteiger partial charge in [-0.3, -0.25) is 0 Å². The van der Waals surface area contributed by atoms with Crippen LogP contribution in [0.4, 0.5) is 0 Å². The molecule has 92 valence electrons. The van der Waals surface area contributed by atoms with Gasteiger partial charge in [-0.15, -0.1) is 0 Å². The molecule has 0 fully saturated rings. The molecular formula is C15H27N. The fraction of sp³-hybridized carbons (Fsp3) is 0.600. The molecule has 0 aliphatic heterocycles. The Kier molecular flexibility index (Phi) is 8.93. The molecule has 0 aliphatic rings. The maximum Gasteiger partial charge on any atom is 0.0294 e. The molecule has 0 bridgehead atoms. The van der Waals surface area contributed by atoms with Gasteiger partial charge in [0.1, 0.15) is 0 Å². The van der Waals surface area contributed by atoms with Gasteiger partial charge in [0.15, 0.2) is 0 Å². The zero-order valence-electron chi connectivity index (χ0n) is 11.1. The Morgan fingerprint density at radius 3 is 2.50 bits per heavy atom. The third-order valence-electron chi connectivity index (χ3n) is 2.57. The molecule has 1 unspecified atom stereocenters. The van der Waals surface area contributed by atoms with Crippen molar-refractivity contribution >= 4 is 0 Å². The molecule has 0 aromatic rings. The second-order valence-corrected chi connectivity index (χ2v) is 4.45. The van der Waals surface area contributed by atoms with Gasteiger partial charge in [-0.1, -0.05) is 63.0 Å². The lowest BCUT2D eigenvalue weighted by molar-refractivity contribution is 0.591. The van der Waals surface area contributed by atoms with E-state index in [0.29, 0.717) is 0 Å². The van der Waals surface area contributed by atoms with Crippen LogP contribution in [0.5, 0.6) is 0 Å². The summed E-state index contributed by atoms with van der Waals surface area (Å²) in [5, 5.41) is 0. The highest BCUT2D eigenvalue weighted by Crippen LogP contribution is 2.13. The first-order valence-corrected chi connectivity index (χ1v) is 6.37. The Morgan fingerprint density at radius 1 is 1.31 bits per heavy atom. The van der Waals surface area contributed by atoms with Crippen molar-refractivity contribution in [1.29, 1.82) is 0 Å². The predicted octanol–water partition coefficient (Wildman–Crippen LogP) is 4.36. The summed E-state index contributed by atoms with van der Waals surface area (Å²) in [5.74, 6) is 0. The molecular weight excluding hydrogens is 194 g/mol. The standard InChI is InChI=1S/C15H27N/c1-5-7-8-9-11-15(16)14(10-6-2)12-13(3)4/h6,10,12,15H,3,5,7-9,11,16H2,1-2,4H3/b10-6-,14-12+. The fourth-order valence-corrected chi connectivity index (χ4v) is 1.71. The molecule has 0 spiro atoms. The molecule has 2 N–H and O–H groups in total. The van der Waals surface area contributed by atoms with Crippen molar-refractivity contribution in [2.24, 2.45) is 5.73 Å². The first-order valence-electron chi connectivity index (χ1n) is 6.37. The van der Waals surface area contributed by atoms with Crippen molar-refractivity contribution in [3.63, 3.8) is 0 Å². The molecule has 0 saturated carbocycles. The van der Waals surface area contributed by atoms with Crippen LogP contribution in [0.3, 0.4) is 0 Å². The third kappa shape index (κ3) is 7.47. The highest BCUT2D eigenvalue weighted by atomic mass is 14.6. The van der Waals surface area contributed by atoms with Crippen LogP contribution in [0.1, 0.15) is 52.9 Å². The fourth-order valence-electron chi connectivity index (χ4n) is 1.71. The molecule has 0 aromatic carbocycles. The lowest BCUT2D eigenvalue weighted by atomic mass is 9.99. The molecule has 0 saturated heterocycles. The molecule has 1 atom stereocenters. The van der Waals surface area contributed by atoms with Crippen molar-refractivity contribution in [2.45, 2.75) is 58.9 Å². The average molecular weight is 221 g/mol. The highest BCUT2D eigenvalue weighted by Gasteiger charge is 2.05. The monoisotopic (exact) mass is 221 g/mol. The smallest absolute Gasteiger partial charge is 0.0294 e. The van der Waals surface area contributed by atoms with Crippen LogP contribution in [-0.4, -0.2) is 6.04 Å². The summed E-state index contributed by atoms with van der Waals surface area (Å²) in [6.45, 7) is 10.2. The summed E-state index contributed by atoms with van der Waals surface area (Å²) < 4.78 is 0. The molecule has 0 radical (unpaired) electrons. The van der Waals surface area contributed by atoms with Crippen LogP contribution in [-0.2, 0) is 0 Å². The Labute approximate surface area is 101 Å². The van der Waals surface area contributed by atoms with Crippen molar-refractivity contribution in [2.75, 3.05) is 0 Å². The molecule has 1 heteroatoms. The average Bonchev–Trinajstić information content (AvgIpc) is 2.23. The summed E-state index contributed by atoms with van der Waals surface area (Å²) in [4.78, 5) is 0. The minimum Gasteiger partial charge on any atom is -0.324 e. The van der Waals surface area contributed by atoms with Crippen LogP contribution < -0.4 is 5.73 Å². The van der Waals surface area contributed by atoms with E-state index in [0.717, 1.165) is 12.0 Å². The van der Waals surface area contributed by atoms with Gasteiger partial charge in [-0.25, -0.2) is 0 Å². The lowest BCUT2D eigenvalue weighted by Gasteiger charge is -2.13. The Morgan fingerprint density at radius 2 is 2.00 bits per heavy atom. The van der Waals surface area contributed by atoms with Gasteiger partial charge in [0.2, 0.25) is 0 Å². The van der Waals surface area contributed by atoms with Gasteiger partial charge in [0, 0.05) is 6.04 Å². The van der Waals surface area contributed by atoms with E-state index in [2.05, 4.69) is 25.7 Å². The van der Waals surface area contributed by atoms with Crippen LogP contribution in [0.25, 0.3) is 0 Å². The summed E-state index contributed by atoms with van der Waals surface area (Å²) in [6.07, 6.45) is 12.4. The number of hydrogen-bond donors (Lipinski definition) is 1. The van der Waals surface area contributed by atoms with Crippen molar-refractivity contribution < 1.29 is 0 Å². The second-order valence-electron chi connectivity index (χ2n) is 4.45. The van der Waals surface area contributed by atoms with Crippen LogP contribution in [0, 0.1) is 0 Å². The Hall–Kier alpha value is -0.820. The molecule has 0 rings (SSSR count).